The minimum Gasteiger partial charge on any atom is -0.508 e. The van der Waals surface area contributed by atoms with Crippen LogP contribution in [0.4, 0.5) is 0 Å². The molecule has 0 unspecified atom stereocenters. The summed E-state index contributed by atoms with van der Waals surface area (Å²) < 4.78 is 0. The third-order valence-corrected chi connectivity index (χ3v) is 13.1. The summed E-state index contributed by atoms with van der Waals surface area (Å²) in [5.74, 6) is -8.57. The Morgan fingerprint density at radius 3 is 1.63 bits per heavy atom. The highest BCUT2D eigenvalue weighted by atomic mass is 16.4. The zero-order valence-electron chi connectivity index (χ0n) is 42.8. The van der Waals surface area contributed by atoms with Crippen molar-refractivity contribution in [3.05, 3.63) is 59.7 Å². The van der Waals surface area contributed by atoms with E-state index in [0.29, 0.717) is 49.8 Å². The van der Waals surface area contributed by atoms with Gasteiger partial charge in [-0.15, -0.1) is 0 Å². The van der Waals surface area contributed by atoms with Crippen molar-refractivity contribution in [1.29, 1.82) is 0 Å². The molecule has 420 valence electrons. The number of aliphatic carboxylic acids is 1. The highest BCUT2D eigenvalue weighted by Crippen LogP contribution is 2.23. The Balaban J connectivity index is 1.55. The Hall–Kier alpha value is -6.97. The van der Waals surface area contributed by atoms with Crippen LogP contribution in [0.5, 0.6) is 11.5 Å². The van der Waals surface area contributed by atoms with Gasteiger partial charge in [-0.3, -0.25) is 38.4 Å². The largest absolute Gasteiger partial charge is 0.508 e. The van der Waals surface area contributed by atoms with Gasteiger partial charge in [0.05, 0.1) is 24.9 Å². The average Bonchev–Trinajstić information content (AvgIpc) is 4.04. The number of nitrogens with zero attached hydrogens (tertiary/aromatic N) is 2. The molecule has 0 spiro atoms. The quantitative estimate of drug-likeness (QED) is 0.0344. The van der Waals surface area contributed by atoms with Gasteiger partial charge in [-0.2, -0.15) is 0 Å². The number of aliphatic hydroxyl groups is 3. The number of carboxylic acid groups (broad SMARTS) is 1. The molecule has 11 atom stereocenters. The Kier molecular flexibility index (Phi) is 24.3. The molecule has 0 aliphatic carbocycles. The second-order valence-corrected chi connectivity index (χ2v) is 19.2. The van der Waals surface area contributed by atoms with Crippen LogP contribution in [0.1, 0.15) is 82.8 Å². The second-order valence-electron chi connectivity index (χ2n) is 19.2. The minimum atomic E-state index is -1.81. The number of benzene rings is 2. The first kappa shape index (κ1) is 61.6. The van der Waals surface area contributed by atoms with Gasteiger partial charge in [0.1, 0.15) is 59.8 Å². The number of unbranched alkanes of at least 4 members (excludes halogenated alkanes) is 2. The molecule has 2 heterocycles. The molecular weight excluding hydrogens is 995 g/mol. The van der Waals surface area contributed by atoms with E-state index in [1.165, 1.54) is 60.4 Å². The number of amides is 8. The SMILES string of the molecule is C[C@H](N)C(=O)N[C@@H](CCCCN)C(=O)N1CCC[C@H]1C(=O)N[C@@H](CO)C(=O)N[C@@H](Cc1ccc(O)cc1)C(=O)N1C[C@H](O)C[C@H]1C(=O)N[C@H](C(=O)N[C@@H](Cc1ccc(O)cc1)C(=O)N[C@@H](CCCCN)C(=O)O)[C@@H](C)O. The van der Waals surface area contributed by atoms with Crippen molar-refractivity contribution in [2.45, 2.75) is 151 Å². The van der Waals surface area contributed by atoms with Crippen LogP contribution < -0.4 is 49.1 Å². The van der Waals surface area contributed by atoms with Crippen molar-refractivity contribution in [1.82, 2.24) is 41.7 Å². The van der Waals surface area contributed by atoms with E-state index in [4.69, 9.17) is 17.2 Å². The number of likely N-dealkylation sites (tertiary alicyclic amines) is 2. The molecular formula is C50H75N11O15. The number of phenols is 2. The number of phenolic OH excluding ortho intramolecular Hbond substituents is 2. The molecule has 18 N–H and O–H groups in total. The summed E-state index contributed by atoms with van der Waals surface area (Å²) in [6.07, 6.45) is -1.19. The number of nitrogens with two attached hydrogens (primary N) is 3. The number of rotatable bonds is 29. The summed E-state index contributed by atoms with van der Waals surface area (Å²) in [5.41, 5.74) is 17.8. The Labute approximate surface area is 439 Å². The van der Waals surface area contributed by atoms with Crippen LogP contribution in [0.3, 0.4) is 0 Å². The number of hydrogen-bond donors (Lipinski definition) is 15. The van der Waals surface area contributed by atoms with Crippen LogP contribution in [-0.4, -0.2) is 193 Å². The predicted octanol–water partition coefficient (Wildman–Crippen LogP) is -4.19. The van der Waals surface area contributed by atoms with Gasteiger partial charge in [0, 0.05) is 32.4 Å². The van der Waals surface area contributed by atoms with E-state index in [1.54, 1.807) is 0 Å². The summed E-state index contributed by atoms with van der Waals surface area (Å²) in [4.78, 5) is 125. The lowest BCUT2D eigenvalue weighted by Gasteiger charge is -2.32. The van der Waals surface area contributed by atoms with Crippen molar-refractivity contribution in [2.75, 3.05) is 32.8 Å². The van der Waals surface area contributed by atoms with E-state index in [-0.39, 0.29) is 63.1 Å². The number of β-amino-alcohol motifs (C(OH)–C–C–N with tert-alkyl or cyclic N) is 1. The topological polar surface area (TPSA) is 432 Å². The molecule has 2 aliphatic rings. The lowest BCUT2D eigenvalue weighted by atomic mass is 10.0. The molecule has 0 saturated carbocycles. The van der Waals surface area contributed by atoms with E-state index >= 15 is 0 Å². The number of hydrogen-bond acceptors (Lipinski definition) is 17. The fourth-order valence-electron chi connectivity index (χ4n) is 8.88. The van der Waals surface area contributed by atoms with Gasteiger partial charge in [-0.25, -0.2) is 4.79 Å². The smallest absolute Gasteiger partial charge is 0.326 e. The molecule has 2 aliphatic heterocycles. The first-order valence-electron chi connectivity index (χ1n) is 25.4. The van der Waals surface area contributed by atoms with Crippen LogP contribution in [0.2, 0.25) is 0 Å². The van der Waals surface area contributed by atoms with Gasteiger partial charge in [-0.1, -0.05) is 24.3 Å². The van der Waals surface area contributed by atoms with Crippen LogP contribution >= 0.6 is 0 Å². The highest BCUT2D eigenvalue weighted by molar-refractivity contribution is 5.98. The Morgan fingerprint density at radius 1 is 0.618 bits per heavy atom. The van der Waals surface area contributed by atoms with Crippen molar-refractivity contribution < 1.29 is 73.8 Å². The first-order chi connectivity index (χ1) is 36.1. The third kappa shape index (κ3) is 18.1. The highest BCUT2D eigenvalue weighted by Gasteiger charge is 2.44. The van der Waals surface area contributed by atoms with Crippen LogP contribution in [0.25, 0.3) is 0 Å². The number of carboxylic acids is 1. The van der Waals surface area contributed by atoms with Crippen LogP contribution in [0.15, 0.2) is 48.5 Å². The lowest BCUT2D eigenvalue weighted by Crippen LogP contribution is -2.62. The van der Waals surface area contributed by atoms with Crippen molar-refractivity contribution in [3.63, 3.8) is 0 Å². The zero-order valence-corrected chi connectivity index (χ0v) is 42.8. The van der Waals surface area contributed by atoms with Gasteiger partial charge in [0.15, 0.2) is 0 Å². The zero-order chi connectivity index (χ0) is 56.2. The molecule has 4 rings (SSSR count). The molecule has 26 heteroatoms. The monoisotopic (exact) mass is 1070 g/mol. The number of carbonyl (C=O) groups is 9. The van der Waals surface area contributed by atoms with Gasteiger partial charge in [-0.05, 0) is 114 Å². The number of aliphatic hydroxyl groups excluding tert-OH is 3. The fraction of sp³-hybridized carbons (Fsp3) is 0.580. The van der Waals surface area contributed by atoms with Gasteiger partial charge < -0.3 is 89.5 Å². The molecule has 2 fully saturated rings. The molecule has 8 amide bonds. The van der Waals surface area contributed by atoms with Crippen LogP contribution in [-0.2, 0) is 56.0 Å². The van der Waals surface area contributed by atoms with Gasteiger partial charge >= 0.3 is 5.97 Å². The molecule has 2 aromatic carbocycles. The maximum Gasteiger partial charge on any atom is 0.326 e. The number of nitrogens with one attached hydrogen (secondary N) is 6. The van der Waals surface area contributed by atoms with E-state index in [0.717, 1.165) is 11.8 Å². The van der Waals surface area contributed by atoms with Crippen LogP contribution in [0, 0.1) is 0 Å². The predicted molar refractivity (Wildman–Crippen MR) is 272 cm³/mol. The third-order valence-electron chi connectivity index (χ3n) is 13.1. The molecule has 0 radical (unpaired) electrons. The Morgan fingerprint density at radius 2 is 1.11 bits per heavy atom. The van der Waals surface area contributed by atoms with Gasteiger partial charge in [0.2, 0.25) is 47.3 Å². The van der Waals surface area contributed by atoms with Crippen molar-refractivity contribution in [2.24, 2.45) is 17.2 Å². The average molecular weight is 1070 g/mol. The molecule has 0 aromatic heterocycles. The summed E-state index contributed by atoms with van der Waals surface area (Å²) in [7, 11) is 0. The van der Waals surface area contributed by atoms with Gasteiger partial charge in [0.25, 0.3) is 0 Å². The maximum absolute atomic E-state index is 14.6. The fourth-order valence-corrected chi connectivity index (χ4v) is 8.88. The van der Waals surface area contributed by atoms with Crippen molar-refractivity contribution >= 4 is 53.2 Å². The minimum absolute atomic E-state index is 0.0183. The normalized spacial score (nSPS) is 19.4. The Bertz CT molecular complexity index is 2310. The summed E-state index contributed by atoms with van der Waals surface area (Å²) in [5, 5.41) is 76.8. The molecule has 2 aromatic rings. The van der Waals surface area contributed by atoms with Crippen molar-refractivity contribution in [3.8, 4) is 11.5 Å². The first-order valence-corrected chi connectivity index (χ1v) is 25.4. The van der Waals surface area contributed by atoms with E-state index in [2.05, 4.69) is 31.9 Å². The second kappa shape index (κ2) is 29.9. The van der Waals surface area contributed by atoms with E-state index in [1.807, 2.05) is 0 Å². The molecule has 0 bridgehead atoms. The number of aromatic hydroxyl groups is 2. The molecule has 26 nitrogen and oxygen atoms in total. The molecule has 76 heavy (non-hydrogen) atoms. The maximum atomic E-state index is 14.6. The van der Waals surface area contributed by atoms with E-state index < -0.39 is 133 Å². The number of carbonyl (C=O) groups excluding carboxylic acids is 8. The van der Waals surface area contributed by atoms with E-state index in [9.17, 15) is 73.8 Å². The standard InChI is InChI=1S/C50H75N11O15/c1-27(53)42(67)54-34(8-3-5-19-51)48(73)60-21-7-10-39(60)45(70)58-38(26-62)44(69)57-37(23-30-13-17-32(65)18-14-30)49(74)61-25-33(66)24-40(61)46(71)59-41(28(2)63)47(72)56-36(22-29-11-15-31(64)16-12-29)43(68)55-35(50(75)76)9-4-6-20-52/h11-18,27-28,33-41,62-66H,3-10,19-26,51-53H2,1-2H3,(H,54,67)(H,55,68)(H,56,72)(H,57,69)(H,58,70)(H,59,71)(H,75,76)/t27-,28+,33+,34-,35-,36-,37-,38-,39-,40-,41-/m0/s1. The molecule has 2 saturated heterocycles. The lowest BCUT2D eigenvalue weighted by molar-refractivity contribution is -0.144. The summed E-state index contributed by atoms with van der Waals surface area (Å²) in [6, 6.07) is -1.41. The summed E-state index contributed by atoms with van der Waals surface area (Å²) >= 11 is 0. The summed E-state index contributed by atoms with van der Waals surface area (Å²) in [6.45, 7) is 1.94.